The van der Waals surface area contributed by atoms with Gasteiger partial charge in [0.2, 0.25) is 0 Å². The molecule has 0 spiro atoms. The van der Waals surface area contributed by atoms with Crippen LogP contribution in [0.25, 0.3) is 0 Å². The number of hydrogen-bond acceptors (Lipinski definition) is 6. The number of aromatic carboxylic acids is 1. The molecule has 0 aromatic heterocycles. The van der Waals surface area contributed by atoms with Crippen LogP contribution in [0, 0.1) is 7.14 Å². The lowest BCUT2D eigenvalue weighted by atomic mass is 9.96. The highest BCUT2D eigenvalue weighted by Crippen LogP contribution is 2.32. The van der Waals surface area contributed by atoms with Gasteiger partial charge in [0.05, 0.1) is 20.2 Å². The van der Waals surface area contributed by atoms with Gasteiger partial charge in [-0.15, -0.1) is 0 Å². The van der Waals surface area contributed by atoms with Crippen molar-refractivity contribution < 1.29 is 28.9 Å². The van der Waals surface area contributed by atoms with Crippen molar-refractivity contribution in [2.45, 2.75) is 26.2 Å². The average Bonchev–Trinajstić information content (AvgIpc) is 2.70. The van der Waals surface area contributed by atoms with Gasteiger partial charge in [-0.25, -0.2) is 4.79 Å². The number of carbonyl (C=O) groups excluding carboxylic acids is 2. The topological polar surface area (TPSA) is 84.9 Å². The smallest absolute Gasteiger partial charge is 0.342 e. The second-order valence-corrected chi connectivity index (χ2v) is 8.63. The highest BCUT2D eigenvalue weighted by Gasteiger charge is 2.19. The Morgan fingerprint density at radius 2 is 1.83 bits per heavy atom. The number of carboxylic acids is 1. The number of halogens is 2. The van der Waals surface area contributed by atoms with Gasteiger partial charge in [0.1, 0.15) is 30.3 Å². The minimum atomic E-state index is -1.24. The van der Waals surface area contributed by atoms with Crippen LogP contribution >= 0.6 is 45.2 Å². The number of benzene rings is 2. The van der Waals surface area contributed by atoms with E-state index in [0.717, 1.165) is 15.6 Å². The molecule has 2 aromatic carbocycles. The van der Waals surface area contributed by atoms with Crippen LogP contribution < -0.4 is 14.6 Å². The maximum atomic E-state index is 12.6. The van der Waals surface area contributed by atoms with Gasteiger partial charge in [0, 0.05) is 0 Å². The molecule has 0 amide bonds. The molecule has 6 nitrogen and oxygen atoms in total. The van der Waals surface area contributed by atoms with Crippen molar-refractivity contribution in [2.24, 2.45) is 0 Å². The van der Waals surface area contributed by atoms with Crippen molar-refractivity contribution in [3.8, 4) is 11.5 Å². The molecule has 0 aliphatic carbocycles. The molecule has 1 unspecified atom stereocenters. The van der Waals surface area contributed by atoms with Crippen LogP contribution in [0.3, 0.4) is 0 Å². The van der Waals surface area contributed by atoms with Crippen LogP contribution in [-0.4, -0.2) is 32.3 Å². The molecular formula is C21H21I2O6-. The summed E-state index contributed by atoms with van der Waals surface area (Å²) in [6.45, 7) is 4.38. The van der Waals surface area contributed by atoms with Crippen molar-refractivity contribution in [1.29, 1.82) is 0 Å². The third kappa shape index (κ3) is 6.21. The van der Waals surface area contributed by atoms with Crippen LogP contribution in [0.1, 0.15) is 52.5 Å². The Labute approximate surface area is 197 Å². The fourth-order valence-electron chi connectivity index (χ4n) is 2.60. The highest BCUT2D eigenvalue weighted by atomic mass is 127. The number of rotatable bonds is 9. The molecule has 0 aliphatic rings. The summed E-state index contributed by atoms with van der Waals surface area (Å²) in [6.07, 6.45) is 0.958. The monoisotopic (exact) mass is 623 g/mol. The van der Waals surface area contributed by atoms with Crippen molar-refractivity contribution in [2.75, 3.05) is 20.3 Å². The summed E-state index contributed by atoms with van der Waals surface area (Å²) in [4.78, 5) is 23.5. The summed E-state index contributed by atoms with van der Waals surface area (Å²) >= 11 is 4.13. The Balaban J connectivity index is 2.02. The van der Waals surface area contributed by atoms with Gasteiger partial charge in [-0.05, 0) is 99.0 Å². The molecule has 0 heterocycles. The molecule has 156 valence electrons. The molecule has 0 aliphatic heterocycles. The van der Waals surface area contributed by atoms with Gasteiger partial charge < -0.3 is 24.1 Å². The summed E-state index contributed by atoms with van der Waals surface area (Å²) in [6, 6.07) is 8.26. The fraction of sp³-hybridized carbons (Fsp3) is 0.333. The van der Waals surface area contributed by atoms with Gasteiger partial charge in [0.25, 0.3) is 0 Å². The Bertz CT molecular complexity index is 897. The largest absolute Gasteiger partial charge is 0.545 e. The van der Waals surface area contributed by atoms with Crippen molar-refractivity contribution in [1.82, 2.24) is 0 Å². The van der Waals surface area contributed by atoms with Crippen LogP contribution in [0.2, 0.25) is 0 Å². The van der Waals surface area contributed by atoms with E-state index in [2.05, 4.69) is 36.4 Å². The van der Waals surface area contributed by atoms with Crippen LogP contribution in [0.4, 0.5) is 0 Å². The molecule has 0 bridgehead atoms. The first-order valence-electron chi connectivity index (χ1n) is 8.96. The Morgan fingerprint density at radius 3 is 2.41 bits per heavy atom. The summed E-state index contributed by atoms with van der Waals surface area (Å²) in [5.41, 5.74) is 1.53. The maximum absolute atomic E-state index is 12.6. The Morgan fingerprint density at radius 1 is 1.10 bits per heavy atom. The molecule has 2 aromatic rings. The van der Waals surface area contributed by atoms with E-state index in [9.17, 15) is 14.7 Å². The Hall–Kier alpha value is -1.56. The predicted octanol–water partition coefficient (Wildman–Crippen LogP) is 4.02. The van der Waals surface area contributed by atoms with Crippen molar-refractivity contribution >= 4 is 57.1 Å². The third-order valence-corrected chi connectivity index (χ3v) is 6.06. The van der Waals surface area contributed by atoms with Gasteiger partial charge >= 0.3 is 5.97 Å². The summed E-state index contributed by atoms with van der Waals surface area (Å²) in [7, 11) is 1.53. The van der Waals surface area contributed by atoms with Gasteiger partial charge in [-0.1, -0.05) is 13.8 Å². The van der Waals surface area contributed by atoms with Crippen molar-refractivity contribution in [3.63, 3.8) is 0 Å². The van der Waals surface area contributed by atoms with E-state index in [1.165, 1.54) is 19.2 Å². The molecule has 1 atom stereocenters. The number of hydrogen-bond donors (Lipinski definition) is 0. The zero-order valence-corrected chi connectivity index (χ0v) is 20.6. The lowest BCUT2D eigenvalue weighted by molar-refractivity contribution is -0.255. The molecule has 2 rings (SSSR count). The molecule has 8 heteroatoms. The van der Waals surface area contributed by atoms with Crippen LogP contribution in [0.5, 0.6) is 11.5 Å². The van der Waals surface area contributed by atoms with E-state index in [-0.39, 0.29) is 18.8 Å². The molecule has 0 fully saturated rings. The van der Waals surface area contributed by atoms with E-state index in [1.807, 2.05) is 34.7 Å². The van der Waals surface area contributed by atoms with E-state index >= 15 is 0 Å². The second kappa shape index (κ2) is 11.0. The molecule has 0 saturated heterocycles. The normalized spacial score (nSPS) is 11.6. The van der Waals surface area contributed by atoms with Crippen LogP contribution in [0.15, 0.2) is 30.3 Å². The second-order valence-electron chi connectivity index (χ2n) is 6.31. The first kappa shape index (κ1) is 23.7. The number of ether oxygens (including phenoxy) is 3. The lowest BCUT2D eigenvalue weighted by Gasteiger charge is -2.16. The summed E-state index contributed by atoms with van der Waals surface area (Å²) in [5.74, 6) is -0.397. The zero-order valence-electron chi connectivity index (χ0n) is 16.3. The summed E-state index contributed by atoms with van der Waals surface area (Å²) < 4.78 is 17.8. The molecular weight excluding hydrogens is 602 g/mol. The summed E-state index contributed by atoms with van der Waals surface area (Å²) in [5, 5.41) is 10.9. The number of esters is 1. The average molecular weight is 623 g/mol. The van der Waals surface area contributed by atoms with Gasteiger partial charge in [0.15, 0.2) is 0 Å². The molecule has 0 N–H and O–H groups in total. The van der Waals surface area contributed by atoms with E-state index in [1.54, 1.807) is 6.07 Å². The van der Waals surface area contributed by atoms with E-state index in [0.29, 0.717) is 26.6 Å². The van der Waals surface area contributed by atoms with Gasteiger partial charge in [-0.3, -0.25) is 0 Å². The van der Waals surface area contributed by atoms with E-state index < -0.39 is 11.9 Å². The molecule has 0 saturated carbocycles. The number of methoxy groups -OCH3 is 1. The number of carboxylic acid groups (broad SMARTS) is 1. The SMILES string of the molecule is CCC(C)c1cc(I)c(OC)c(C(=O)OCCOc2ccc(C(=O)[O-])cc2I)c1. The minimum absolute atomic E-state index is 0.0461. The fourth-order valence-corrected chi connectivity index (χ4v) is 4.14. The lowest BCUT2D eigenvalue weighted by Crippen LogP contribution is -2.22. The van der Waals surface area contributed by atoms with E-state index in [4.69, 9.17) is 14.2 Å². The predicted molar refractivity (Wildman–Crippen MR) is 124 cm³/mol. The first-order chi connectivity index (χ1) is 13.8. The van der Waals surface area contributed by atoms with Crippen molar-refractivity contribution in [3.05, 3.63) is 54.2 Å². The molecule has 0 radical (unpaired) electrons. The highest BCUT2D eigenvalue weighted by molar-refractivity contribution is 14.1. The first-order valence-corrected chi connectivity index (χ1v) is 11.1. The third-order valence-electron chi connectivity index (χ3n) is 4.41. The quantitative estimate of drug-likeness (QED) is 0.239. The standard InChI is InChI=1S/C21H22I2O6/c1-4-12(2)14-9-15(19(27-3)17(23)11-14)21(26)29-8-7-28-18-6-5-13(20(24)25)10-16(18)22/h5-6,9-12H,4,7-8H2,1-3H3,(H,24,25)/p-1. The van der Waals surface area contributed by atoms with Gasteiger partial charge in [-0.2, -0.15) is 0 Å². The minimum Gasteiger partial charge on any atom is -0.545 e. The molecule has 29 heavy (non-hydrogen) atoms. The Kier molecular flexibility index (Phi) is 9.00. The maximum Gasteiger partial charge on any atom is 0.342 e. The van der Waals surface area contributed by atoms with Crippen LogP contribution in [-0.2, 0) is 4.74 Å². The zero-order chi connectivity index (χ0) is 21.6. The number of carbonyl (C=O) groups is 2.